The Morgan fingerprint density at radius 2 is 1.81 bits per heavy atom. The predicted octanol–water partition coefficient (Wildman–Crippen LogP) is 1.65. The maximum absolute atomic E-state index is 13.4. The number of anilines is 1. The summed E-state index contributed by atoms with van der Waals surface area (Å²) < 4.78 is 36.7. The van der Waals surface area contributed by atoms with E-state index in [9.17, 15) is 18.0 Å². The van der Waals surface area contributed by atoms with Crippen LogP contribution in [0.5, 0.6) is 11.5 Å². The molecule has 0 saturated heterocycles. The Morgan fingerprint density at radius 1 is 1.12 bits per heavy atom. The summed E-state index contributed by atoms with van der Waals surface area (Å²) in [4.78, 5) is 27.1. The van der Waals surface area contributed by atoms with Gasteiger partial charge in [-0.15, -0.1) is 0 Å². The lowest BCUT2D eigenvalue weighted by Gasteiger charge is -2.31. The Morgan fingerprint density at radius 3 is 2.47 bits per heavy atom. The number of ether oxygens (including phenoxy) is 2. The summed E-state index contributed by atoms with van der Waals surface area (Å²) >= 11 is 0. The summed E-state index contributed by atoms with van der Waals surface area (Å²) in [5.74, 6) is 0.0513. The van der Waals surface area contributed by atoms with Gasteiger partial charge in [-0.1, -0.05) is 24.3 Å². The molecule has 172 valence electrons. The lowest BCUT2D eigenvalue weighted by Crippen LogP contribution is -2.50. The van der Waals surface area contributed by atoms with E-state index >= 15 is 0 Å². The molecule has 0 aromatic heterocycles. The van der Waals surface area contributed by atoms with Crippen molar-refractivity contribution in [3.05, 3.63) is 53.6 Å². The maximum atomic E-state index is 13.4. The van der Waals surface area contributed by atoms with E-state index in [4.69, 9.17) is 9.47 Å². The third kappa shape index (κ3) is 5.13. The summed E-state index contributed by atoms with van der Waals surface area (Å²) in [6.45, 7) is 3.27. The Kier molecular flexibility index (Phi) is 6.93. The van der Waals surface area contributed by atoms with Crippen LogP contribution in [-0.4, -0.2) is 57.8 Å². The fourth-order valence-electron chi connectivity index (χ4n) is 3.42. The minimum absolute atomic E-state index is 0.0461. The van der Waals surface area contributed by atoms with Crippen molar-refractivity contribution >= 4 is 27.5 Å². The highest BCUT2D eigenvalue weighted by Gasteiger charge is 2.30. The first-order valence-corrected chi connectivity index (χ1v) is 11.9. The van der Waals surface area contributed by atoms with Crippen molar-refractivity contribution in [2.75, 3.05) is 30.9 Å². The van der Waals surface area contributed by atoms with Crippen LogP contribution < -0.4 is 19.1 Å². The second-order valence-corrected chi connectivity index (χ2v) is 9.45. The molecule has 1 aliphatic rings. The first kappa shape index (κ1) is 23.4. The van der Waals surface area contributed by atoms with Gasteiger partial charge in [-0.2, -0.15) is 0 Å². The third-order valence-corrected chi connectivity index (χ3v) is 6.48. The molecular formula is C22H27N3O6S. The molecule has 0 aliphatic carbocycles. The Labute approximate surface area is 188 Å². The molecule has 0 spiro atoms. The van der Waals surface area contributed by atoms with Gasteiger partial charge >= 0.3 is 0 Å². The Balaban J connectivity index is 1.92. The van der Waals surface area contributed by atoms with E-state index in [1.165, 1.54) is 18.0 Å². The SMILES string of the molecule is CNC(=O)[C@@H](C)N(Cc1ccccc1C)C(=O)CN(c1ccc2c(c1)OCO2)S(C)(=O)=O. The summed E-state index contributed by atoms with van der Waals surface area (Å²) in [7, 11) is -2.32. The van der Waals surface area contributed by atoms with Crippen molar-refractivity contribution in [2.45, 2.75) is 26.4 Å². The van der Waals surface area contributed by atoms with E-state index in [1.54, 1.807) is 19.1 Å². The van der Waals surface area contributed by atoms with Gasteiger partial charge in [0.2, 0.25) is 28.6 Å². The molecule has 9 nitrogen and oxygen atoms in total. The lowest BCUT2D eigenvalue weighted by atomic mass is 10.1. The predicted molar refractivity (Wildman–Crippen MR) is 120 cm³/mol. The van der Waals surface area contributed by atoms with Gasteiger partial charge < -0.3 is 19.7 Å². The number of benzene rings is 2. The van der Waals surface area contributed by atoms with Crippen molar-refractivity contribution in [1.29, 1.82) is 0 Å². The van der Waals surface area contributed by atoms with Crippen molar-refractivity contribution in [2.24, 2.45) is 0 Å². The van der Waals surface area contributed by atoms with Crippen LogP contribution in [0.15, 0.2) is 42.5 Å². The van der Waals surface area contributed by atoms with Gasteiger partial charge in [0, 0.05) is 19.7 Å². The number of carbonyl (C=O) groups excluding carboxylic acids is 2. The van der Waals surface area contributed by atoms with E-state index in [1.807, 2.05) is 31.2 Å². The first-order valence-electron chi connectivity index (χ1n) is 10.0. The second kappa shape index (κ2) is 9.47. The molecule has 1 heterocycles. The summed E-state index contributed by atoms with van der Waals surface area (Å²) in [6, 6.07) is 11.4. The molecule has 2 aromatic rings. The highest BCUT2D eigenvalue weighted by Crippen LogP contribution is 2.36. The van der Waals surface area contributed by atoms with Crippen LogP contribution in [0, 0.1) is 6.92 Å². The molecule has 0 unspecified atom stereocenters. The van der Waals surface area contributed by atoms with Gasteiger partial charge in [-0.05, 0) is 37.1 Å². The molecule has 10 heteroatoms. The van der Waals surface area contributed by atoms with Crippen LogP contribution in [-0.2, 0) is 26.2 Å². The number of hydrogen-bond donors (Lipinski definition) is 1. The highest BCUT2D eigenvalue weighted by molar-refractivity contribution is 7.92. The lowest BCUT2D eigenvalue weighted by molar-refractivity contribution is -0.139. The molecule has 0 saturated carbocycles. The monoisotopic (exact) mass is 461 g/mol. The van der Waals surface area contributed by atoms with Gasteiger partial charge in [0.1, 0.15) is 12.6 Å². The topological polar surface area (TPSA) is 105 Å². The number of sulfonamides is 1. The van der Waals surface area contributed by atoms with E-state index in [0.29, 0.717) is 11.5 Å². The number of rotatable bonds is 8. The molecule has 2 aromatic carbocycles. The van der Waals surface area contributed by atoms with Gasteiger partial charge in [-0.25, -0.2) is 8.42 Å². The van der Waals surface area contributed by atoms with Crippen molar-refractivity contribution in [3.8, 4) is 11.5 Å². The zero-order chi connectivity index (χ0) is 23.5. The van der Waals surface area contributed by atoms with Crippen LogP contribution in [0.3, 0.4) is 0 Å². The van der Waals surface area contributed by atoms with Crippen LogP contribution >= 0.6 is 0 Å². The quantitative estimate of drug-likeness (QED) is 0.641. The number of aryl methyl sites for hydroxylation is 1. The largest absolute Gasteiger partial charge is 0.454 e. The van der Waals surface area contributed by atoms with Gasteiger partial charge in [0.25, 0.3) is 0 Å². The summed E-state index contributed by atoms with van der Waals surface area (Å²) in [5, 5.41) is 2.55. The molecule has 1 atom stereocenters. The standard InChI is InChI=1S/C22H27N3O6S/c1-15-7-5-6-8-17(15)12-24(16(2)22(27)23-3)21(26)13-25(32(4,28)29)18-9-10-19-20(11-18)31-14-30-19/h5-11,16H,12-14H2,1-4H3,(H,23,27)/t16-/m1/s1. The Bertz CT molecular complexity index is 1120. The fraction of sp³-hybridized carbons (Fsp3) is 0.364. The number of likely N-dealkylation sites (N-methyl/N-ethyl adjacent to an activating group) is 1. The van der Waals surface area contributed by atoms with Crippen molar-refractivity contribution in [3.63, 3.8) is 0 Å². The van der Waals surface area contributed by atoms with Crippen LogP contribution in [0.2, 0.25) is 0 Å². The number of hydrogen-bond acceptors (Lipinski definition) is 6. The highest BCUT2D eigenvalue weighted by atomic mass is 32.2. The molecular weight excluding hydrogens is 434 g/mol. The van der Waals surface area contributed by atoms with Crippen LogP contribution in [0.25, 0.3) is 0 Å². The number of nitrogens with zero attached hydrogens (tertiary/aromatic N) is 2. The molecule has 2 amide bonds. The number of nitrogens with one attached hydrogen (secondary N) is 1. The molecule has 0 bridgehead atoms. The van der Waals surface area contributed by atoms with E-state index in [2.05, 4.69) is 5.32 Å². The molecule has 32 heavy (non-hydrogen) atoms. The van der Waals surface area contributed by atoms with Gasteiger partial charge in [0.05, 0.1) is 11.9 Å². The van der Waals surface area contributed by atoms with Crippen molar-refractivity contribution in [1.82, 2.24) is 10.2 Å². The molecule has 1 N–H and O–H groups in total. The minimum atomic E-state index is -3.81. The number of fused-ring (bicyclic) bond motifs is 1. The van der Waals surface area contributed by atoms with Gasteiger partial charge in [-0.3, -0.25) is 13.9 Å². The number of carbonyl (C=O) groups is 2. The molecule has 0 fully saturated rings. The Hall–Kier alpha value is -3.27. The van der Waals surface area contributed by atoms with E-state index in [0.717, 1.165) is 21.7 Å². The fourth-order valence-corrected chi connectivity index (χ4v) is 4.26. The summed E-state index contributed by atoms with van der Waals surface area (Å²) in [5.41, 5.74) is 2.10. The molecule has 3 rings (SSSR count). The zero-order valence-electron chi connectivity index (χ0n) is 18.5. The first-order chi connectivity index (χ1) is 15.1. The smallest absolute Gasteiger partial charge is 0.244 e. The molecule has 0 radical (unpaired) electrons. The third-order valence-electron chi connectivity index (χ3n) is 5.34. The average molecular weight is 462 g/mol. The number of amides is 2. The van der Waals surface area contributed by atoms with Crippen LogP contribution in [0.1, 0.15) is 18.1 Å². The average Bonchev–Trinajstić information content (AvgIpc) is 3.22. The maximum Gasteiger partial charge on any atom is 0.244 e. The summed E-state index contributed by atoms with van der Waals surface area (Å²) in [6.07, 6.45) is 1.03. The van der Waals surface area contributed by atoms with Gasteiger partial charge in [0.15, 0.2) is 11.5 Å². The van der Waals surface area contributed by atoms with Crippen molar-refractivity contribution < 1.29 is 27.5 Å². The van der Waals surface area contributed by atoms with Crippen LogP contribution in [0.4, 0.5) is 5.69 Å². The minimum Gasteiger partial charge on any atom is -0.454 e. The normalized spacial score (nSPS) is 13.4. The van der Waals surface area contributed by atoms with E-state index in [-0.39, 0.29) is 24.9 Å². The van der Waals surface area contributed by atoms with E-state index < -0.39 is 28.5 Å². The second-order valence-electron chi connectivity index (χ2n) is 7.55. The molecule has 1 aliphatic heterocycles. The zero-order valence-corrected chi connectivity index (χ0v) is 19.3.